The van der Waals surface area contributed by atoms with Gasteiger partial charge < -0.3 is 14.8 Å². The molecule has 1 N–H and O–H groups in total. The van der Waals surface area contributed by atoms with E-state index in [1.807, 2.05) is 51.1 Å². The van der Waals surface area contributed by atoms with Crippen LogP contribution in [0.2, 0.25) is 10.0 Å². The molecule has 1 aliphatic heterocycles. The predicted octanol–water partition coefficient (Wildman–Crippen LogP) is 6.91. The molecule has 0 bridgehead atoms. The van der Waals surface area contributed by atoms with Crippen molar-refractivity contribution in [2.45, 2.75) is 58.0 Å². The molecular weight excluding hydrogens is 519 g/mol. The van der Waals surface area contributed by atoms with E-state index in [0.29, 0.717) is 44.8 Å². The fourth-order valence-electron chi connectivity index (χ4n) is 3.78. The molecule has 190 valence electrons. The van der Waals surface area contributed by atoms with E-state index in [9.17, 15) is 4.79 Å². The zero-order valence-electron chi connectivity index (χ0n) is 20.5. The first-order valence-electron chi connectivity index (χ1n) is 11.7. The maximum atomic E-state index is 13.1. The van der Waals surface area contributed by atoms with Gasteiger partial charge in [0.25, 0.3) is 0 Å². The number of allylic oxidation sites excluding steroid dienone is 1. The molecule has 4 rings (SSSR count). The topological polar surface area (TPSA) is 78.3 Å². The summed E-state index contributed by atoms with van der Waals surface area (Å²) >= 11 is 13.8. The lowest BCUT2D eigenvalue weighted by atomic mass is 9.95. The van der Waals surface area contributed by atoms with Gasteiger partial charge in [-0.2, -0.15) is 4.98 Å². The van der Waals surface area contributed by atoms with Crippen LogP contribution < -0.4 is 10.1 Å². The molecule has 0 spiro atoms. The molecule has 0 aliphatic carbocycles. The molecule has 36 heavy (non-hydrogen) atoms. The fraction of sp³-hybridized carbons (Fsp3) is 0.346. The van der Waals surface area contributed by atoms with E-state index in [1.54, 1.807) is 28.6 Å². The van der Waals surface area contributed by atoms with E-state index in [1.165, 1.54) is 0 Å². The number of carbonyl (C=O) groups excluding carboxylic acids is 1. The fourth-order valence-corrected chi connectivity index (χ4v) is 4.93. The average Bonchev–Trinajstić information content (AvgIpc) is 3.23. The Balaban J connectivity index is 1.63. The van der Waals surface area contributed by atoms with Crippen molar-refractivity contribution in [1.29, 1.82) is 0 Å². The van der Waals surface area contributed by atoms with Crippen LogP contribution in [-0.2, 0) is 16.1 Å². The van der Waals surface area contributed by atoms with E-state index < -0.39 is 6.04 Å². The Morgan fingerprint density at radius 2 is 1.94 bits per heavy atom. The van der Waals surface area contributed by atoms with Crippen LogP contribution in [0, 0.1) is 0 Å². The van der Waals surface area contributed by atoms with Gasteiger partial charge in [0.05, 0.1) is 11.7 Å². The van der Waals surface area contributed by atoms with Crippen molar-refractivity contribution in [3.05, 3.63) is 74.9 Å². The van der Waals surface area contributed by atoms with Crippen LogP contribution in [0.25, 0.3) is 0 Å². The minimum atomic E-state index is -0.490. The Morgan fingerprint density at radius 1 is 1.19 bits per heavy atom. The Morgan fingerprint density at radius 3 is 2.61 bits per heavy atom. The van der Waals surface area contributed by atoms with E-state index in [0.717, 1.165) is 23.3 Å². The lowest BCUT2D eigenvalue weighted by Crippen LogP contribution is -2.30. The highest BCUT2D eigenvalue weighted by Crippen LogP contribution is 2.37. The number of rotatable bonds is 9. The Bertz CT molecular complexity index is 1270. The van der Waals surface area contributed by atoms with E-state index in [2.05, 4.69) is 17.2 Å². The molecule has 2 heterocycles. The zero-order valence-corrected chi connectivity index (χ0v) is 22.9. The highest BCUT2D eigenvalue weighted by Gasteiger charge is 2.35. The summed E-state index contributed by atoms with van der Waals surface area (Å²) in [6, 6.07) is 12.4. The largest absolute Gasteiger partial charge is 0.489 e. The number of hydrogen-bond donors (Lipinski definition) is 1. The van der Waals surface area contributed by atoms with Gasteiger partial charge in [0.15, 0.2) is 0 Å². The van der Waals surface area contributed by atoms with Gasteiger partial charge in [-0.3, -0.25) is 0 Å². The van der Waals surface area contributed by atoms with Crippen LogP contribution in [0.5, 0.6) is 5.75 Å². The van der Waals surface area contributed by atoms with Crippen molar-refractivity contribution in [2.75, 3.05) is 11.1 Å². The first-order chi connectivity index (χ1) is 17.3. The van der Waals surface area contributed by atoms with Gasteiger partial charge in [-0.25, -0.2) is 9.48 Å². The van der Waals surface area contributed by atoms with Crippen molar-refractivity contribution in [1.82, 2.24) is 14.8 Å². The highest BCUT2D eigenvalue weighted by atomic mass is 35.5. The zero-order chi connectivity index (χ0) is 25.8. The lowest BCUT2D eigenvalue weighted by molar-refractivity contribution is -0.143. The molecule has 0 radical (unpaired) electrons. The van der Waals surface area contributed by atoms with Gasteiger partial charge in [0, 0.05) is 27.1 Å². The second-order valence-corrected chi connectivity index (χ2v) is 10.5. The van der Waals surface area contributed by atoms with E-state index >= 15 is 0 Å². The molecule has 0 saturated carbocycles. The van der Waals surface area contributed by atoms with Crippen molar-refractivity contribution < 1.29 is 14.3 Å². The molecule has 10 heteroatoms. The number of anilines is 1. The number of halogens is 2. The summed E-state index contributed by atoms with van der Waals surface area (Å²) in [5.74, 6) is 1.78. The Hall–Kier alpha value is -2.68. The number of nitrogens with zero attached hydrogens (tertiary/aromatic N) is 3. The highest BCUT2D eigenvalue weighted by molar-refractivity contribution is 7.99. The van der Waals surface area contributed by atoms with E-state index in [-0.39, 0.29) is 12.1 Å². The summed E-state index contributed by atoms with van der Waals surface area (Å²) < 4.78 is 13.3. The van der Waals surface area contributed by atoms with Gasteiger partial charge >= 0.3 is 5.97 Å². The minimum absolute atomic E-state index is 0.248. The summed E-state index contributed by atoms with van der Waals surface area (Å²) in [6.07, 6.45) is 0.763. The third-order valence-electron chi connectivity index (χ3n) is 5.44. The van der Waals surface area contributed by atoms with Crippen LogP contribution in [0.1, 0.15) is 51.3 Å². The normalized spacial score (nSPS) is 15.0. The Labute approximate surface area is 225 Å². The third-order valence-corrected chi connectivity index (χ3v) is 7.07. The number of nitrogens with one attached hydrogen (secondary N) is 1. The lowest BCUT2D eigenvalue weighted by Gasteiger charge is -2.28. The summed E-state index contributed by atoms with van der Waals surface area (Å²) in [6.45, 7) is 7.94. The van der Waals surface area contributed by atoms with Crippen molar-refractivity contribution in [2.24, 2.45) is 0 Å². The predicted molar refractivity (Wildman–Crippen MR) is 144 cm³/mol. The summed E-state index contributed by atoms with van der Waals surface area (Å²) in [5.41, 5.74) is 2.89. The van der Waals surface area contributed by atoms with Crippen LogP contribution >= 0.6 is 35.0 Å². The molecular formula is C26H28Cl2N4O3S. The smallest absolute Gasteiger partial charge is 0.338 e. The minimum Gasteiger partial charge on any atom is -0.489 e. The number of ether oxygens (including phenoxy) is 2. The molecule has 7 nitrogen and oxygen atoms in total. The Kier molecular flexibility index (Phi) is 8.49. The quantitative estimate of drug-likeness (QED) is 0.231. The third kappa shape index (κ3) is 5.99. The number of esters is 1. The maximum Gasteiger partial charge on any atom is 0.338 e. The number of carbonyl (C=O) groups is 1. The molecule has 3 aromatic rings. The molecule has 1 atom stereocenters. The molecule has 1 unspecified atom stereocenters. The first kappa shape index (κ1) is 26.4. The van der Waals surface area contributed by atoms with E-state index in [4.69, 9.17) is 37.8 Å². The van der Waals surface area contributed by atoms with Gasteiger partial charge in [-0.15, -0.1) is 5.10 Å². The van der Waals surface area contributed by atoms with Crippen LogP contribution in [-0.4, -0.2) is 32.6 Å². The van der Waals surface area contributed by atoms with Gasteiger partial charge in [-0.1, -0.05) is 60.1 Å². The molecule has 0 saturated heterocycles. The monoisotopic (exact) mass is 546 g/mol. The maximum absolute atomic E-state index is 13.1. The average molecular weight is 548 g/mol. The van der Waals surface area contributed by atoms with Crippen molar-refractivity contribution in [3.8, 4) is 5.75 Å². The summed E-state index contributed by atoms with van der Waals surface area (Å²) in [4.78, 5) is 17.8. The molecule has 2 aromatic carbocycles. The summed E-state index contributed by atoms with van der Waals surface area (Å²) in [5, 5.41) is 9.74. The van der Waals surface area contributed by atoms with Crippen LogP contribution in [0.15, 0.2) is 58.9 Å². The van der Waals surface area contributed by atoms with Crippen LogP contribution in [0.3, 0.4) is 0 Å². The molecule has 0 amide bonds. The first-order valence-corrected chi connectivity index (χ1v) is 13.5. The molecule has 1 aliphatic rings. The van der Waals surface area contributed by atoms with Gasteiger partial charge in [-0.05, 0) is 57.0 Å². The van der Waals surface area contributed by atoms with Crippen molar-refractivity contribution >= 4 is 46.9 Å². The van der Waals surface area contributed by atoms with Crippen molar-refractivity contribution in [3.63, 3.8) is 0 Å². The number of hydrogen-bond acceptors (Lipinski definition) is 7. The SMILES string of the molecule is CCCSc1nc2n(n1)C(c1ccc(OCc3ccc(Cl)cc3Cl)cc1)C(C(=O)OC(C)C)=C(C)N2. The molecule has 1 aromatic heterocycles. The number of fused-ring (bicyclic) bond motifs is 1. The summed E-state index contributed by atoms with van der Waals surface area (Å²) in [7, 11) is 0. The number of benzene rings is 2. The second kappa shape index (κ2) is 11.6. The van der Waals surface area contributed by atoms with Gasteiger partial charge in [0.1, 0.15) is 18.4 Å². The number of thioether (sulfide) groups is 1. The van der Waals surface area contributed by atoms with Gasteiger partial charge in [0.2, 0.25) is 11.1 Å². The number of aromatic nitrogens is 3. The standard InChI is InChI=1S/C26H28Cl2N4O3S/c1-5-12-36-26-30-25-29-16(4)22(24(33)35-15(2)3)23(32(25)31-26)17-7-10-20(11-8-17)34-14-18-6-9-19(27)13-21(18)28/h6-11,13,15,23H,5,12,14H2,1-4H3,(H,29,30,31). The molecule has 0 fully saturated rings. The second-order valence-electron chi connectivity index (χ2n) is 8.62. The van der Waals surface area contributed by atoms with Crippen LogP contribution in [0.4, 0.5) is 5.95 Å².